The number of ether oxygens (including phenoxy) is 2. The molecule has 3 aromatic carbocycles. The van der Waals surface area contributed by atoms with Gasteiger partial charge in [0.25, 0.3) is 0 Å². The fourth-order valence-electron chi connectivity index (χ4n) is 3.92. The number of halogens is 1. The van der Waals surface area contributed by atoms with Gasteiger partial charge in [-0.3, -0.25) is 9.59 Å². The third-order valence-corrected chi connectivity index (χ3v) is 5.88. The van der Waals surface area contributed by atoms with E-state index >= 15 is 0 Å². The summed E-state index contributed by atoms with van der Waals surface area (Å²) >= 11 is 5.87. The predicted molar refractivity (Wildman–Crippen MR) is 128 cm³/mol. The van der Waals surface area contributed by atoms with Crippen molar-refractivity contribution in [3.05, 3.63) is 100 Å². The van der Waals surface area contributed by atoms with Crippen molar-refractivity contribution in [1.29, 1.82) is 0 Å². The van der Waals surface area contributed by atoms with Crippen LogP contribution in [0.1, 0.15) is 33.2 Å². The minimum Gasteiger partial charge on any atom is -0.485 e. The highest BCUT2D eigenvalue weighted by molar-refractivity contribution is 6.30. The van der Waals surface area contributed by atoms with E-state index in [2.05, 4.69) is 17.6 Å². The van der Waals surface area contributed by atoms with Crippen LogP contribution in [0.4, 0.5) is 0 Å². The fourth-order valence-corrected chi connectivity index (χ4v) is 4.04. The van der Waals surface area contributed by atoms with Crippen LogP contribution in [0.3, 0.4) is 0 Å². The minimum atomic E-state index is -0.179. The molecule has 4 aromatic rings. The van der Waals surface area contributed by atoms with Crippen LogP contribution >= 0.6 is 11.6 Å². The van der Waals surface area contributed by atoms with Crippen LogP contribution in [0.15, 0.2) is 78.7 Å². The SMILES string of the molecule is CCn1cc(/C=C2\Oc3cc(OCC(=O)c4ccc(Cl)cc4)ccc3C2=O)c2ccccc21. The van der Waals surface area contributed by atoms with E-state index in [-0.39, 0.29) is 23.9 Å². The van der Waals surface area contributed by atoms with Crippen molar-refractivity contribution >= 4 is 40.1 Å². The van der Waals surface area contributed by atoms with Crippen LogP contribution in [0, 0.1) is 0 Å². The Morgan fingerprint density at radius 1 is 1.09 bits per heavy atom. The van der Waals surface area contributed by atoms with Gasteiger partial charge < -0.3 is 14.0 Å². The number of carbonyl (C=O) groups excluding carboxylic acids is 2. The zero-order valence-electron chi connectivity index (χ0n) is 17.9. The molecular formula is C27H20ClNO4. The highest BCUT2D eigenvalue weighted by Crippen LogP contribution is 2.36. The van der Waals surface area contributed by atoms with Crippen LogP contribution in [-0.4, -0.2) is 22.7 Å². The lowest BCUT2D eigenvalue weighted by Crippen LogP contribution is -2.11. The third kappa shape index (κ3) is 4.03. The molecule has 0 unspecified atom stereocenters. The van der Waals surface area contributed by atoms with Crippen LogP contribution in [0.25, 0.3) is 17.0 Å². The largest absolute Gasteiger partial charge is 0.485 e. The van der Waals surface area contributed by atoms with Crippen molar-refractivity contribution in [1.82, 2.24) is 4.57 Å². The van der Waals surface area contributed by atoms with Crippen molar-refractivity contribution in [2.75, 3.05) is 6.61 Å². The van der Waals surface area contributed by atoms with Crippen molar-refractivity contribution in [2.24, 2.45) is 0 Å². The maximum absolute atomic E-state index is 12.9. The molecule has 5 nitrogen and oxygen atoms in total. The van der Waals surface area contributed by atoms with Gasteiger partial charge in [-0.2, -0.15) is 0 Å². The minimum absolute atomic E-state index is 0.131. The summed E-state index contributed by atoms with van der Waals surface area (Å²) in [4.78, 5) is 25.2. The summed E-state index contributed by atoms with van der Waals surface area (Å²) in [5, 5.41) is 1.62. The van der Waals surface area contributed by atoms with Gasteiger partial charge in [-0.25, -0.2) is 0 Å². The molecule has 5 rings (SSSR count). The molecular weight excluding hydrogens is 438 g/mol. The Morgan fingerprint density at radius 2 is 1.88 bits per heavy atom. The number of nitrogens with zero attached hydrogens (tertiary/aromatic N) is 1. The topological polar surface area (TPSA) is 57.5 Å². The molecule has 1 aliphatic heterocycles. The molecule has 0 amide bonds. The lowest BCUT2D eigenvalue weighted by atomic mass is 10.1. The monoisotopic (exact) mass is 457 g/mol. The molecule has 1 aromatic heterocycles. The molecule has 0 N–H and O–H groups in total. The van der Waals surface area contributed by atoms with Gasteiger partial charge in [-0.15, -0.1) is 0 Å². The lowest BCUT2D eigenvalue weighted by molar-refractivity contribution is 0.0921. The standard InChI is InChI=1S/C27H20ClNO4/c1-2-29-15-18(21-5-3-4-6-23(21)29)13-26-27(31)22-12-11-20(14-25(22)33-26)32-16-24(30)17-7-9-19(28)10-8-17/h3-15H,2,16H2,1H3/b26-13-. The van der Waals surface area contributed by atoms with Crippen molar-refractivity contribution in [3.63, 3.8) is 0 Å². The summed E-state index contributed by atoms with van der Waals surface area (Å²) in [5.74, 6) is 0.784. The molecule has 0 bridgehead atoms. The number of hydrogen-bond donors (Lipinski definition) is 0. The number of aryl methyl sites for hydroxylation is 1. The summed E-state index contributed by atoms with van der Waals surface area (Å²) in [6.45, 7) is 2.78. The van der Waals surface area contributed by atoms with E-state index in [0.717, 1.165) is 23.0 Å². The first-order valence-electron chi connectivity index (χ1n) is 10.6. The van der Waals surface area contributed by atoms with Gasteiger partial charge in [0.05, 0.1) is 5.56 Å². The highest BCUT2D eigenvalue weighted by Gasteiger charge is 2.28. The van der Waals surface area contributed by atoms with Gasteiger partial charge in [-0.05, 0) is 55.5 Å². The van der Waals surface area contributed by atoms with Crippen molar-refractivity contribution in [3.8, 4) is 11.5 Å². The Labute approximate surface area is 195 Å². The summed E-state index contributed by atoms with van der Waals surface area (Å²) < 4.78 is 13.7. The summed E-state index contributed by atoms with van der Waals surface area (Å²) in [6, 6.07) is 19.7. The lowest BCUT2D eigenvalue weighted by Gasteiger charge is -2.07. The van der Waals surface area contributed by atoms with Crippen molar-refractivity contribution in [2.45, 2.75) is 13.5 Å². The maximum atomic E-state index is 12.9. The second kappa shape index (κ2) is 8.60. The van der Waals surface area contributed by atoms with Crippen LogP contribution in [0.5, 0.6) is 11.5 Å². The number of para-hydroxylation sites is 1. The van der Waals surface area contributed by atoms with Gasteiger partial charge in [0.2, 0.25) is 5.78 Å². The number of aromatic nitrogens is 1. The second-order valence-corrected chi connectivity index (χ2v) is 8.14. The Kier molecular flexibility index (Phi) is 5.48. The first kappa shape index (κ1) is 21.0. The molecule has 6 heteroatoms. The van der Waals surface area contributed by atoms with E-state index in [1.54, 1.807) is 48.5 Å². The van der Waals surface area contributed by atoms with Crippen LogP contribution < -0.4 is 9.47 Å². The van der Waals surface area contributed by atoms with E-state index in [1.807, 2.05) is 24.4 Å². The zero-order valence-corrected chi connectivity index (χ0v) is 18.6. The molecule has 1 aliphatic rings. The number of Topliss-reactive ketones (excluding diaryl/α,β-unsaturated/α-hetero) is 2. The number of carbonyl (C=O) groups is 2. The molecule has 33 heavy (non-hydrogen) atoms. The van der Waals surface area contributed by atoms with E-state index in [0.29, 0.717) is 27.6 Å². The van der Waals surface area contributed by atoms with Crippen LogP contribution in [-0.2, 0) is 6.54 Å². The van der Waals surface area contributed by atoms with E-state index in [4.69, 9.17) is 21.1 Å². The average molecular weight is 458 g/mol. The van der Waals surface area contributed by atoms with Gasteiger partial charge in [0.15, 0.2) is 18.1 Å². The van der Waals surface area contributed by atoms with E-state index < -0.39 is 0 Å². The molecule has 0 saturated carbocycles. The maximum Gasteiger partial charge on any atom is 0.231 e. The Bertz CT molecular complexity index is 1420. The van der Waals surface area contributed by atoms with Gasteiger partial charge in [0, 0.05) is 45.9 Å². The van der Waals surface area contributed by atoms with Crippen LogP contribution in [0.2, 0.25) is 5.02 Å². The molecule has 0 radical (unpaired) electrons. The Morgan fingerprint density at radius 3 is 2.67 bits per heavy atom. The first-order valence-corrected chi connectivity index (χ1v) is 11.0. The van der Waals surface area contributed by atoms with Crippen molar-refractivity contribution < 1.29 is 19.1 Å². The Balaban J connectivity index is 1.35. The number of hydrogen-bond acceptors (Lipinski definition) is 4. The average Bonchev–Trinajstić information content (AvgIpc) is 3.35. The molecule has 0 saturated heterocycles. The van der Waals surface area contributed by atoms with E-state index in [1.165, 1.54) is 0 Å². The molecule has 2 heterocycles. The van der Waals surface area contributed by atoms with Gasteiger partial charge in [0.1, 0.15) is 11.5 Å². The van der Waals surface area contributed by atoms with Gasteiger partial charge in [-0.1, -0.05) is 29.8 Å². The zero-order chi connectivity index (χ0) is 22.9. The first-order chi connectivity index (χ1) is 16.0. The normalized spacial score (nSPS) is 13.9. The smallest absolute Gasteiger partial charge is 0.231 e. The predicted octanol–water partition coefficient (Wildman–Crippen LogP) is 6.19. The summed E-state index contributed by atoms with van der Waals surface area (Å²) in [7, 11) is 0. The highest BCUT2D eigenvalue weighted by atomic mass is 35.5. The third-order valence-electron chi connectivity index (χ3n) is 5.62. The summed E-state index contributed by atoms with van der Waals surface area (Å²) in [5.41, 5.74) is 3.02. The molecule has 0 aliphatic carbocycles. The second-order valence-electron chi connectivity index (χ2n) is 7.70. The Hall–Kier alpha value is -3.83. The summed E-state index contributed by atoms with van der Waals surface area (Å²) in [6.07, 6.45) is 3.80. The number of benzene rings is 3. The quantitative estimate of drug-likeness (QED) is 0.256. The van der Waals surface area contributed by atoms with E-state index in [9.17, 15) is 9.59 Å². The number of allylic oxidation sites excluding steroid dienone is 1. The van der Waals surface area contributed by atoms with Gasteiger partial charge >= 0.3 is 0 Å². The molecule has 0 atom stereocenters. The fraction of sp³-hybridized carbons (Fsp3) is 0.111. The molecule has 164 valence electrons. The number of ketones is 2. The molecule has 0 fully saturated rings. The molecule has 0 spiro atoms. The number of fused-ring (bicyclic) bond motifs is 2. The number of rotatable bonds is 6.